The molecule has 0 aliphatic heterocycles. The summed E-state index contributed by atoms with van der Waals surface area (Å²) in [6, 6.07) is 5.82. The largest absolute Gasteiger partial charge is 0.324 e. The lowest BCUT2D eigenvalue weighted by molar-refractivity contribution is -0.117. The van der Waals surface area contributed by atoms with Gasteiger partial charge < -0.3 is 5.32 Å². The van der Waals surface area contributed by atoms with E-state index in [1.165, 1.54) is 9.56 Å². The monoisotopic (exact) mass is 382 g/mol. The maximum Gasteiger partial charge on any atom is 0.279 e. The van der Waals surface area contributed by atoms with Crippen LogP contribution in [0.5, 0.6) is 0 Å². The molecular formula is C20H22N4O2S. The zero-order valence-electron chi connectivity index (χ0n) is 15.7. The Morgan fingerprint density at radius 2 is 2.19 bits per heavy atom. The summed E-state index contributed by atoms with van der Waals surface area (Å²) in [5.74, 6) is 0.347. The number of hydrogen-bond acceptors (Lipinski definition) is 5. The molecule has 2 heterocycles. The highest BCUT2D eigenvalue weighted by atomic mass is 32.1. The first kappa shape index (κ1) is 17.9. The van der Waals surface area contributed by atoms with Crippen molar-refractivity contribution in [1.29, 1.82) is 0 Å². The molecule has 1 aliphatic carbocycles. The van der Waals surface area contributed by atoms with Crippen molar-refractivity contribution >= 4 is 33.1 Å². The number of carbonyl (C=O) groups excluding carboxylic acids is 1. The highest BCUT2D eigenvalue weighted by molar-refractivity contribution is 7.18. The second-order valence-electron chi connectivity index (χ2n) is 7.45. The van der Waals surface area contributed by atoms with Gasteiger partial charge in [-0.05, 0) is 56.2 Å². The average Bonchev–Trinajstić information content (AvgIpc) is 2.98. The van der Waals surface area contributed by atoms with Gasteiger partial charge in [0.15, 0.2) is 4.83 Å². The number of rotatable bonds is 3. The molecule has 2 aromatic heterocycles. The van der Waals surface area contributed by atoms with Gasteiger partial charge in [0.2, 0.25) is 5.91 Å². The molecule has 0 unspecified atom stereocenters. The number of aromatic nitrogens is 3. The Balaban J connectivity index is 1.61. The minimum Gasteiger partial charge on any atom is -0.324 e. The van der Waals surface area contributed by atoms with Gasteiger partial charge in [-0.1, -0.05) is 29.8 Å². The van der Waals surface area contributed by atoms with Crippen molar-refractivity contribution in [2.45, 2.75) is 46.6 Å². The molecule has 7 heteroatoms. The van der Waals surface area contributed by atoms with E-state index in [0.29, 0.717) is 16.1 Å². The third-order valence-electron chi connectivity index (χ3n) is 5.13. The van der Waals surface area contributed by atoms with Crippen LogP contribution >= 0.6 is 11.3 Å². The fraction of sp³-hybridized carbons (Fsp3) is 0.400. The number of nitrogens with zero attached hydrogens (tertiary/aromatic N) is 3. The number of benzene rings is 1. The molecule has 3 aromatic rings. The quantitative estimate of drug-likeness (QED) is 0.754. The molecule has 1 aliphatic rings. The summed E-state index contributed by atoms with van der Waals surface area (Å²) in [4.78, 5) is 27.3. The summed E-state index contributed by atoms with van der Waals surface area (Å²) < 4.78 is 1.17. The van der Waals surface area contributed by atoms with Crippen LogP contribution in [0, 0.1) is 19.8 Å². The summed E-state index contributed by atoms with van der Waals surface area (Å²) in [7, 11) is 0. The zero-order chi connectivity index (χ0) is 19.1. The van der Waals surface area contributed by atoms with E-state index >= 15 is 0 Å². The molecule has 0 bridgehead atoms. The van der Waals surface area contributed by atoms with Gasteiger partial charge in [0.1, 0.15) is 6.54 Å². The SMILES string of the molecule is Cc1ccc(NC(=O)Cn2nnc3sc4c(c3c2=O)CC[C@@H](C)C4)c(C)c1. The molecule has 0 spiro atoms. The maximum atomic E-state index is 12.9. The molecule has 4 rings (SSSR count). The minimum atomic E-state index is -0.282. The van der Waals surface area contributed by atoms with Gasteiger partial charge in [-0.15, -0.1) is 16.4 Å². The first-order chi connectivity index (χ1) is 12.9. The second-order valence-corrected chi connectivity index (χ2v) is 8.53. The number of nitrogens with one attached hydrogen (secondary N) is 1. The van der Waals surface area contributed by atoms with E-state index in [4.69, 9.17) is 0 Å². The van der Waals surface area contributed by atoms with E-state index in [-0.39, 0.29) is 18.0 Å². The number of aryl methyl sites for hydroxylation is 3. The Bertz CT molecular complexity index is 1100. The van der Waals surface area contributed by atoms with Crippen LogP contribution in [0.25, 0.3) is 10.2 Å². The average molecular weight is 382 g/mol. The van der Waals surface area contributed by atoms with Crippen molar-refractivity contribution in [3.63, 3.8) is 0 Å². The van der Waals surface area contributed by atoms with E-state index in [1.54, 1.807) is 11.3 Å². The molecule has 0 saturated carbocycles. The summed E-state index contributed by atoms with van der Waals surface area (Å²) in [5, 5.41) is 11.7. The Hall–Kier alpha value is -2.54. The van der Waals surface area contributed by atoms with E-state index in [0.717, 1.165) is 41.6 Å². The van der Waals surface area contributed by atoms with Crippen LogP contribution in [0.1, 0.15) is 34.9 Å². The smallest absolute Gasteiger partial charge is 0.279 e. The number of fused-ring (bicyclic) bond motifs is 3. The van der Waals surface area contributed by atoms with Crippen LogP contribution in [0.3, 0.4) is 0 Å². The van der Waals surface area contributed by atoms with Crippen LogP contribution in [0.15, 0.2) is 23.0 Å². The first-order valence-electron chi connectivity index (χ1n) is 9.17. The summed E-state index contributed by atoms with van der Waals surface area (Å²) in [5.41, 5.74) is 3.75. The van der Waals surface area contributed by atoms with Crippen LogP contribution in [0.4, 0.5) is 5.69 Å². The van der Waals surface area contributed by atoms with Crippen molar-refractivity contribution in [2.24, 2.45) is 5.92 Å². The van der Waals surface area contributed by atoms with Crippen LogP contribution in [-0.2, 0) is 24.2 Å². The predicted octanol–water partition coefficient (Wildman–Crippen LogP) is 3.23. The second kappa shape index (κ2) is 6.88. The number of amides is 1. The molecule has 0 fully saturated rings. The third kappa shape index (κ3) is 3.39. The van der Waals surface area contributed by atoms with Crippen molar-refractivity contribution in [2.75, 3.05) is 5.32 Å². The topological polar surface area (TPSA) is 76.9 Å². The molecule has 0 radical (unpaired) electrons. The van der Waals surface area contributed by atoms with Crippen LogP contribution in [-0.4, -0.2) is 20.9 Å². The Kier molecular flexibility index (Phi) is 4.55. The molecule has 27 heavy (non-hydrogen) atoms. The normalized spacial score (nSPS) is 16.3. The van der Waals surface area contributed by atoms with Crippen LogP contribution < -0.4 is 10.9 Å². The van der Waals surface area contributed by atoms with Crippen molar-refractivity contribution < 1.29 is 4.79 Å². The predicted molar refractivity (Wildman–Crippen MR) is 107 cm³/mol. The fourth-order valence-electron chi connectivity index (χ4n) is 3.67. The highest BCUT2D eigenvalue weighted by Gasteiger charge is 2.24. The molecule has 1 atom stereocenters. The molecule has 0 saturated heterocycles. The van der Waals surface area contributed by atoms with Crippen molar-refractivity contribution in [3.05, 3.63) is 50.1 Å². The summed E-state index contributed by atoms with van der Waals surface area (Å²) >= 11 is 1.56. The van der Waals surface area contributed by atoms with Gasteiger partial charge in [0, 0.05) is 10.6 Å². The molecule has 1 aromatic carbocycles. The lowest BCUT2D eigenvalue weighted by Gasteiger charge is -2.17. The molecule has 140 valence electrons. The molecular weight excluding hydrogens is 360 g/mol. The van der Waals surface area contributed by atoms with Gasteiger partial charge in [-0.25, -0.2) is 4.68 Å². The lowest BCUT2D eigenvalue weighted by Crippen LogP contribution is -2.30. The Morgan fingerprint density at radius 1 is 1.37 bits per heavy atom. The molecule has 6 nitrogen and oxygen atoms in total. The number of thiophene rings is 1. The van der Waals surface area contributed by atoms with Crippen molar-refractivity contribution in [3.8, 4) is 0 Å². The number of carbonyl (C=O) groups is 1. The maximum absolute atomic E-state index is 12.9. The third-order valence-corrected chi connectivity index (χ3v) is 6.27. The number of hydrogen-bond donors (Lipinski definition) is 1. The van der Waals surface area contributed by atoms with Crippen LogP contribution in [0.2, 0.25) is 0 Å². The first-order valence-corrected chi connectivity index (χ1v) is 9.99. The van der Waals surface area contributed by atoms with Crippen molar-refractivity contribution in [1.82, 2.24) is 15.0 Å². The van der Waals surface area contributed by atoms with Gasteiger partial charge in [0.25, 0.3) is 5.56 Å². The summed E-state index contributed by atoms with van der Waals surface area (Å²) in [6.07, 6.45) is 2.96. The number of anilines is 1. The van der Waals surface area contributed by atoms with Gasteiger partial charge >= 0.3 is 0 Å². The Labute approximate surface area is 161 Å². The van der Waals surface area contributed by atoms with E-state index in [1.807, 2.05) is 32.0 Å². The lowest BCUT2D eigenvalue weighted by atomic mass is 9.89. The Morgan fingerprint density at radius 3 is 2.96 bits per heavy atom. The van der Waals surface area contributed by atoms with Gasteiger partial charge in [-0.3, -0.25) is 9.59 Å². The highest BCUT2D eigenvalue weighted by Crippen LogP contribution is 2.35. The van der Waals surface area contributed by atoms with Gasteiger partial charge in [0.05, 0.1) is 5.39 Å². The molecule has 1 N–H and O–H groups in total. The fourth-order valence-corrected chi connectivity index (χ4v) is 4.99. The summed E-state index contributed by atoms with van der Waals surface area (Å²) in [6.45, 7) is 6.04. The van der Waals surface area contributed by atoms with Gasteiger partial charge in [-0.2, -0.15) is 0 Å². The van der Waals surface area contributed by atoms with E-state index in [2.05, 4.69) is 22.6 Å². The molecule has 1 amide bonds. The van der Waals surface area contributed by atoms with E-state index in [9.17, 15) is 9.59 Å². The minimum absolute atomic E-state index is 0.143. The zero-order valence-corrected chi connectivity index (χ0v) is 16.5. The van der Waals surface area contributed by atoms with E-state index < -0.39 is 0 Å². The standard InChI is InChI=1S/C20H22N4O2S/c1-11-5-7-15(13(3)8-11)21-17(25)10-24-20(26)18-14-6-4-12(2)9-16(14)27-19(18)22-23-24/h5,7-8,12H,4,6,9-10H2,1-3H3,(H,21,25)/t12-/m1/s1.